The third kappa shape index (κ3) is 5.79. The van der Waals surface area contributed by atoms with E-state index in [1.165, 1.54) is 23.1 Å². The van der Waals surface area contributed by atoms with Gasteiger partial charge in [0.1, 0.15) is 5.82 Å². The number of nitrogens with one attached hydrogen (secondary N) is 3. The van der Waals surface area contributed by atoms with E-state index in [0.29, 0.717) is 12.2 Å². The molecule has 1 fully saturated rings. The second kappa shape index (κ2) is 9.50. The molecule has 1 aliphatic carbocycles. The summed E-state index contributed by atoms with van der Waals surface area (Å²) in [4.78, 5) is 25.5. The Balaban J connectivity index is 1.52. The lowest BCUT2D eigenvalue weighted by molar-refractivity contribution is -0.120. The van der Waals surface area contributed by atoms with Gasteiger partial charge in [0.2, 0.25) is 5.91 Å². The smallest absolute Gasteiger partial charge is 0.319 e. The molecule has 144 valence electrons. The van der Waals surface area contributed by atoms with E-state index in [-0.39, 0.29) is 23.5 Å². The number of rotatable bonds is 6. The highest BCUT2D eigenvalue weighted by atomic mass is 32.1. The first-order chi connectivity index (χ1) is 13.1. The lowest BCUT2D eigenvalue weighted by Gasteiger charge is -2.21. The summed E-state index contributed by atoms with van der Waals surface area (Å²) in [6.07, 6.45) is 5.67. The van der Waals surface area contributed by atoms with Crippen molar-refractivity contribution in [3.63, 3.8) is 0 Å². The average molecular weight is 389 g/mol. The molecule has 7 heteroatoms. The summed E-state index contributed by atoms with van der Waals surface area (Å²) in [6.45, 7) is 0.513. The SMILES string of the molecule is O=C(NCCc1cccs1)Nc1ccc(F)c(NC(=O)C2CCCCC2)c1. The highest BCUT2D eigenvalue weighted by molar-refractivity contribution is 7.09. The Morgan fingerprint density at radius 1 is 1.11 bits per heavy atom. The van der Waals surface area contributed by atoms with Gasteiger partial charge in [-0.1, -0.05) is 25.3 Å². The van der Waals surface area contributed by atoms with E-state index in [1.807, 2.05) is 17.5 Å². The molecule has 3 amide bonds. The van der Waals surface area contributed by atoms with E-state index in [9.17, 15) is 14.0 Å². The van der Waals surface area contributed by atoms with Gasteiger partial charge in [-0.15, -0.1) is 11.3 Å². The lowest BCUT2D eigenvalue weighted by atomic mass is 9.88. The van der Waals surface area contributed by atoms with Crippen molar-refractivity contribution in [3.8, 4) is 0 Å². The Hall–Kier alpha value is -2.41. The summed E-state index contributed by atoms with van der Waals surface area (Å²) < 4.78 is 14.1. The maximum atomic E-state index is 14.1. The number of hydrogen-bond acceptors (Lipinski definition) is 3. The van der Waals surface area contributed by atoms with Crippen LogP contribution in [0.2, 0.25) is 0 Å². The van der Waals surface area contributed by atoms with Crippen molar-refractivity contribution >= 4 is 34.6 Å². The molecule has 1 saturated carbocycles. The van der Waals surface area contributed by atoms with Gasteiger partial charge in [0.05, 0.1) is 5.69 Å². The largest absolute Gasteiger partial charge is 0.338 e. The van der Waals surface area contributed by atoms with Crippen molar-refractivity contribution < 1.29 is 14.0 Å². The van der Waals surface area contributed by atoms with Gasteiger partial charge < -0.3 is 16.0 Å². The van der Waals surface area contributed by atoms with E-state index in [4.69, 9.17) is 0 Å². The number of urea groups is 1. The van der Waals surface area contributed by atoms with E-state index in [2.05, 4.69) is 16.0 Å². The van der Waals surface area contributed by atoms with E-state index < -0.39 is 5.82 Å². The lowest BCUT2D eigenvalue weighted by Crippen LogP contribution is -2.30. The van der Waals surface area contributed by atoms with Crippen LogP contribution in [0.25, 0.3) is 0 Å². The minimum absolute atomic E-state index is 0.0599. The first-order valence-electron chi connectivity index (χ1n) is 9.29. The molecular formula is C20H24FN3O2S. The highest BCUT2D eigenvalue weighted by Crippen LogP contribution is 2.26. The summed E-state index contributed by atoms with van der Waals surface area (Å²) in [5.41, 5.74) is 0.533. The molecule has 0 atom stereocenters. The number of thiophene rings is 1. The maximum absolute atomic E-state index is 14.1. The van der Waals surface area contributed by atoms with Crippen LogP contribution in [0, 0.1) is 11.7 Å². The molecule has 5 nitrogen and oxygen atoms in total. The molecule has 1 aromatic heterocycles. The zero-order chi connectivity index (χ0) is 19.1. The number of carbonyl (C=O) groups excluding carboxylic acids is 2. The van der Waals surface area contributed by atoms with Gasteiger partial charge in [0.15, 0.2) is 0 Å². The average Bonchev–Trinajstić information content (AvgIpc) is 3.18. The molecule has 0 radical (unpaired) electrons. The number of carbonyl (C=O) groups is 2. The van der Waals surface area contributed by atoms with E-state index >= 15 is 0 Å². The first-order valence-corrected chi connectivity index (χ1v) is 10.2. The van der Waals surface area contributed by atoms with Crippen molar-refractivity contribution in [1.29, 1.82) is 0 Å². The van der Waals surface area contributed by atoms with Crippen LogP contribution >= 0.6 is 11.3 Å². The number of anilines is 2. The number of hydrogen-bond donors (Lipinski definition) is 3. The number of halogens is 1. The third-order valence-corrected chi connectivity index (χ3v) is 5.63. The predicted octanol–water partition coefficient (Wildman–Crippen LogP) is 4.77. The summed E-state index contributed by atoms with van der Waals surface area (Å²) in [6, 6.07) is 7.81. The molecular weight excluding hydrogens is 365 g/mol. The second-order valence-electron chi connectivity index (χ2n) is 6.73. The topological polar surface area (TPSA) is 70.2 Å². The molecule has 27 heavy (non-hydrogen) atoms. The molecule has 0 saturated heterocycles. The van der Waals surface area contributed by atoms with Crippen LogP contribution in [0.4, 0.5) is 20.6 Å². The molecule has 0 unspecified atom stereocenters. The van der Waals surface area contributed by atoms with Gasteiger partial charge in [-0.2, -0.15) is 0 Å². The minimum Gasteiger partial charge on any atom is -0.338 e. The van der Waals surface area contributed by atoms with Gasteiger partial charge in [-0.25, -0.2) is 9.18 Å². The minimum atomic E-state index is -0.511. The van der Waals surface area contributed by atoms with Crippen molar-refractivity contribution in [2.24, 2.45) is 5.92 Å². The summed E-state index contributed by atoms with van der Waals surface area (Å²) in [5, 5.41) is 10.1. The fourth-order valence-electron chi connectivity index (χ4n) is 3.23. The van der Waals surface area contributed by atoms with Crippen LogP contribution in [0.1, 0.15) is 37.0 Å². The Kier molecular flexibility index (Phi) is 6.81. The first kappa shape index (κ1) is 19.4. The summed E-state index contributed by atoms with van der Waals surface area (Å²) in [7, 11) is 0. The van der Waals surface area contributed by atoms with Crippen LogP contribution in [-0.2, 0) is 11.2 Å². The normalized spacial score (nSPS) is 14.6. The van der Waals surface area contributed by atoms with Gasteiger partial charge in [0, 0.05) is 23.0 Å². The monoisotopic (exact) mass is 389 g/mol. The standard InChI is InChI=1S/C20H24FN3O2S/c21-17-9-8-15(23-20(26)22-11-10-16-7-4-12-27-16)13-18(17)24-19(25)14-5-2-1-3-6-14/h4,7-9,12-14H,1-3,5-6,10-11H2,(H,24,25)(H2,22,23,26). The molecule has 1 aliphatic rings. The van der Waals surface area contributed by atoms with Crippen molar-refractivity contribution in [2.75, 3.05) is 17.2 Å². The number of benzene rings is 1. The van der Waals surface area contributed by atoms with Crippen LogP contribution in [0.15, 0.2) is 35.7 Å². The molecule has 0 spiro atoms. The van der Waals surface area contributed by atoms with Crippen LogP contribution in [-0.4, -0.2) is 18.5 Å². The molecule has 1 heterocycles. The Bertz CT molecular complexity index is 774. The zero-order valence-electron chi connectivity index (χ0n) is 15.1. The third-order valence-electron chi connectivity index (χ3n) is 4.70. The van der Waals surface area contributed by atoms with Gasteiger partial charge >= 0.3 is 6.03 Å². The van der Waals surface area contributed by atoms with Gasteiger partial charge in [-0.3, -0.25) is 4.79 Å². The molecule has 1 aromatic carbocycles. The van der Waals surface area contributed by atoms with E-state index in [0.717, 1.165) is 38.5 Å². The zero-order valence-corrected chi connectivity index (χ0v) is 15.9. The molecule has 2 aromatic rings. The van der Waals surface area contributed by atoms with Crippen molar-refractivity contribution in [2.45, 2.75) is 38.5 Å². The van der Waals surface area contributed by atoms with Crippen LogP contribution < -0.4 is 16.0 Å². The van der Waals surface area contributed by atoms with Crippen LogP contribution in [0.5, 0.6) is 0 Å². The summed E-state index contributed by atoms with van der Waals surface area (Å²) >= 11 is 1.65. The molecule has 0 bridgehead atoms. The van der Waals surface area contributed by atoms with Gasteiger partial charge in [-0.05, 0) is 48.9 Å². The Labute approximate surface area is 162 Å². The Morgan fingerprint density at radius 2 is 1.93 bits per heavy atom. The maximum Gasteiger partial charge on any atom is 0.319 e. The van der Waals surface area contributed by atoms with Gasteiger partial charge in [0.25, 0.3) is 0 Å². The second-order valence-corrected chi connectivity index (χ2v) is 7.76. The highest BCUT2D eigenvalue weighted by Gasteiger charge is 2.22. The predicted molar refractivity (Wildman–Crippen MR) is 107 cm³/mol. The van der Waals surface area contributed by atoms with Crippen molar-refractivity contribution in [1.82, 2.24) is 5.32 Å². The van der Waals surface area contributed by atoms with E-state index in [1.54, 1.807) is 11.3 Å². The quantitative estimate of drug-likeness (QED) is 0.666. The Morgan fingerprint density at radius 3 is 2.67 bits per heavy atom. The summed E-state index contributed by atoms with van der Waals surface area (Å²) in [5.74, 6) is -0.718. The van der Waals surface area contributed by atoms with Crippen LogP contribution in [0.3, 0.4) is 0 Å². The molecule has 3 rings (SSSR count). The molecule has 0 aliphatic heterocycles. The fraction of sp³-hybridized carbons (Fsp3) is 0.400. The fourth-order valence-corrected chi connectivity index (χ4v) is 3.94. The number of amides is 3. The molecule has 3 N–H and O–H groups in total. The van der Waals surface area contributed by atoms with Crippen molar-refractivity contribution in [3.05, 3.63) is 46.4 Å².